The number of ether oxygens (including phenoxy) is 1. The zero-order chi connectivity index (χ0) is 20.3. The molecule has 2 heterocycles. The third-order valence-corrected chi connectivity index (χ3v) is 5.18. The molecule has 0 bridgehead atoms. The molecule has 1 aliphatic heterocycles. The first-order valence-electron chi connectivity index (χ1n) is 8.45. The van der Waals surface area contributed by atoms with Gasteiger partial charge in [0.15, 0.2) is 5.13 Å². The first kappa shape index (κ1) is 19.5. The molecule has 3 amide bonds. The van der Waals surface area contributed by atoms with Crippen LogP contribution in [0.2, 0.25) is 0 Å². The Morgan fingerprint density at radius 2 is 2.04 bits per heavy atom. The number of carbonyl (C=O) groups is 4. The van der Waals surface area contributed by atoms with Crippen molar-refractivity contribution in [3.8, 4) is 0 Å². The standard InChI is InChI=1S/C18H18N4O5S/c1-9-14(17(26)27-2)28-18(19-9)22-13(23)8-7-12-16(25)20-11-6-4-3-5-10(11)15(24)21-12/h3-6,12H,7-8H2,1-2H3,(H,20,25)(H,21,24)(H,19,22,23)/t12-/m1/s1. The number of aromatic nitrogens is 1. The smallest absolute Gasteiger partial charge is 0.350 e. The third-order valence-electron chi connectivity index (χ3n) is 4.13. The van der Waals surface area contributed by atoms with Crippen LogP contribution in [0.15, 0.2) is 24.3 Å². The summed E-state index contributed by atoms with van der Waals surface area (Å²) in [6, 6.07) is 5.85. The number of carbonyl (C=O) groups excluding carboxylic acids is 4. The molecule has 0 spiro atoms. The Balaban J connectivity index is 1.60. The predicted molar refractivity (Wildman–Crippen MR) is 102 cm³/mol. The van der Waals surface area contributed by atoms with Gasteiger partial charge in [0.1, 0.15) is 10.9 Å². The molecule has 0 aliphatic carbocycles. The quantitative estimate of drug-likeness (QED) is 0.654. The van der Waals surface area contributed by atoms with E-state index in [0.29, 0.717) is 21.8 Å². The summed E-state index contributed by atoms with van der Waals surface area (Å²) >= 11 is 1.01. The summed E-state index contributed by atoms with van der Waals surface area (Å²) in [5.74, 6) is -1.66. The van der Waals surface area contributed by atoms with E-state index in [-0.39, 0.29) is 35.7 Å². The van der Waals surface area contributed by atoms with Gasteiger partial charge < -0.3 is 20.7 Å². The summed E-state index contributed by atoms with van der Waals surface area (Å²) in [5.41, 5.74) is 1.27. The second-order valence-electron chi connectivity index (χ2n) is 6.07. The van der Waals surface area contributed by atoms with Crippen molar-refractivity contribution < 1.29 is 23.9 Å². The number of amides is 3. The molecule has 28 heavy (non-hydrogen) atoms. The van der Waals surface area contributed by atoms with Crippen LogP contribution in [0, 0.1) is 6.92 Å². The van der Waals surface area contributed by atoms with Crippen LogP contribution in [0.5, 0.6) is 0 Å². The largest absolute Gasteiger partial charge is 0.465 e. The first-order chi connectivity index (χ1) is 13.4. The van der Waals surface area contributed by atoms with Crippen molar-refractivity contribution in [1.82, 2.24) is 10.3 Å². The number of nitrogens with one attached hydrogen (secondary N) is 3. The molecule has 3 N–H and O–H groups in total. The minimum Gasteiger partial charge on any atom is -0.465 e. The molecule has 0 saturated carbocycles. The zero-order valence-electron chi connectivity index (χ0n) is 15.2. The lowest BCUT2D eigenvalue weighted by Crippen LogP contribution is -2.41. The normalized spacial score (nSPS) is 15.7. The van der Waals surface area contributed by atoms with Crippen molar-refractivity contribution >= 4 is 45.8 Å². The van der Waals surface area contributed by atoms with E-state index in [2.05, 4.69) is 25.7 Å². The molecule has 146 valence electrons. The van der Waals surface area contributed by atoms with Gasteiger partial charge in [-0.1, -0.05) is 23.5 Å². The highest BCUT2D eigenvalue weighted by Gasteiger charge is 2.28. The molecule has 3 rings (SSSR count). The topological polar surface area (TPSA) is 126 Å². The molecule has 1 aromatic heterocycles. The summed E-state index contributed by atoms with van der Waals surface area (Å²) in [7, 11) is 1.27. The lowest BCUT2D eigenvalue weighted by molar-refractivity contribution is -0.118. The van der Waals surface area contributed by atoms with Crippen molar-refractivity contribution in [3.05, 3.63) is 40.4 Å². The van der Waals surface area contributed by atoms with Crippen LogP contribution < -0.4 is 16.0 Å². The third kappa shape index (κ3) is 4.17. The van der Waals surface area contributed by atoms with Gasteiger partial charge in [-0.15, -0.1) is 0 Å². The number of para-hydroxylation sites is 1. The van der Waals surface area contributed by atoms with Crippen LogP contribution in [0.3, 0.4) is 0 Å². The Kier molecular flexibility index (Phi) is 5.69. The van der Waals surface area contributed by atoms with Crippen LogP contribution in [0.1, 0.15) is 38.6 Å². The van der Waals surface area contributed by atoms with E-state index in [1.165, 1.54) is 7.11 Å². The van der Waals surface area contributed by atoms with Crippen molar-refractivity contribution in [2.75, 3.05) is 17.7 Å². The highest BCUT2D eigenvalue weighted by atomic mass is 32.1. The highest BCUT2D eigenvalue weighted by molar-refractivity contribution is 7.17. The van der Waals surface area contributed by atoms with Gasteiger partial charge in [0, 0.05) is 6.42 Å². The molecule has 1 atom stereocenters. The van der Waals surface area contributed by atoms with Gasteiger partial charge in [0.25, 0.3) is 5.91 Å². The second kappa shape index (κ2) is 8.17. The zero-order valence-corrected chi connectivity index (χ0v) is 16.0. The van der Waals surface area contributed by atoms with Crippen LogP contribution in [-0.4, -0.2) is 41.8 Å². The summed E-state index contributed by atoms with van der Waals surface area (Å²) in [6.45, 7) is 1.64. The van der Waals surface area contributed by atoms with Crippen molar-refractivity contribution in [2.24, 2.45) is 0 Å². The molecule has 0 radical (unpaired) electrons. The van der Waals surface area contributed by atoms with Gasteiger partial charge in [-0.25, -0.2) is 9.78 Å². The van der Waals surface area contributed by atoms with E-state index in [1.807, 2.05) is 0 Å². The van der Waals surface area contributed by atoms with Crippen LogP contribution in [0.25, 0.3) is 0 Å². The maximum atomic E-state index is 12.3. The highest BCUT2D eigenvalue weighted by Crippen LogP contribution is 2.24. The fourth-order valence-corrected chi connectivity index (χ4v) is 3.60. The average molecular weight is 402 g/mol. The molecule has 0 fully saturated rings. The fourth-order valence-electron chi connectivity index (χ4n) is 2.70. The van der Waals surface area contributed by atoms with Crippen molar-refractivity contribution in [2.45, 2.75) is 25.8 Å². The molecular formula is C18H18N4O5S. The minimum absolute atomic E-state index is 0.0130. The Bertz CT molecular complexity index is 955. The molecule has 0 saturated heterocycles. The number of rotatable bonds is 5. The number of hydrogen-bond acceptors (Lipinski definition) is 7. The monoisotopic (exact) mass is 402 g/mol. The number of nitrogens with zero attached hydrogens (tertiary/aromatic N) is 1. The van der Waals surface area contributed by atoms with E-state index >= 15 is 0 Å². The molecule has 10 heteroatoms. The molecule has 9 nitrogen and oxygen atoms in total. The number of hydrogen-bond donors (Lipinski definition) is 3. The summed E-state index contributed by atoms with van der Waals surface area (Å²) in [6.07, 6.45) is 0.104. The van der Waals surface area contributed by atoms with Gasteiger partial charge in [-0.05, 0) is 25.5 Å². The molecule has 0 unspecified atom stereocenters. The number of benzene rings is 1. The molecular weight excluding hydrogens is 384 g/mol. The van der Waals surface area contributed by atoms with E-state index in [0.717, 1.165) is 11.3 Å². The van der Waals surface area contributed by atoms with Crippen LogP contribution >= 0.6 is 11.3 Å². The van der Waals surface area contributed by atoms with Crippen molar-refractivity contribution in [1.29, 1.82) is 0 Å². The lowest BCUT2D eigenvalue weighted by atomic mass is 10.1. The predicted octanol–water partition coefficient (Wildman–Crippen LogP) is 1.71. The maximum absolute atomic E-state index is 12.3. The summed E-state index contributed by atoms with van der Waals surface area (Å²) in [5, 5.41) is 8.19. The van der Waals surface area contributed by atoms with E-state index < -0.39 is 12.0 Å². The molecule has 2 aromatic rings. The maximum Gasteiger partial charge on any atom is 0.350 e. The molecule has 1 aliphatic rings. The number of methoxy groups -OCH3 is 1. The van der Waals surface area contributed by atoms with Gasteiger partial charge in [-0.2, -0.15) is 0 Å². The van der Waals surface area contributed by atoms with Gasteiger partial charge in [0.05, 0.1) is 24.1 Å². The van der Waals surface area contributed by atoms with E-state index in [4.69, 9.17) is 0 Å². The number of esters is 1. The lowest BCUT2D eigenvalue weighted by Gasteiger charge is -2.13. The summed E-state index contributed by atoms with van der Waals surface area (Å²) < 4.78 is 4.66. The van der Waals surface area contributed by atoms with E-state index in [9.17, 15) is 19.2 Å². The van der Waals surface area contributed by atoms with E-state index in [1.54, 1.807) is 31.2 Å². The van der Waals surface area contributed by atoms with Gasteiger partial charge >= 0.3 is 5.97 Å². The second-order valence-corrected chi connectivity index (χ2v) is 7.07. The SMILES string of the molecule is COC(=O)c1sc(NC(=O)CC[C@H]2NC(=O)c3ccccc3NC2=O)nc1C. The minimum atomic E-state index is -0.839. The van der Waals surface area contributed by atoms with Crippen LogP contribution in [-0.2, 0) is 14.3 Å². The Morgan fingerprint density at radius 3 is 2.79 bits per heavy atom. The molecule has 1 aromatic carbocycles. The van der Waals surface area contributed by atoms with Crippen LogP contribution in [0.4, 0.5) is 10.8 Å². The first-order valence-corrected chi connectivity index (χ1v) is 9.27. The van der Waals surface area contributed by atoms with Gasteiger partial charge in [0.2, 0.25) is 11.8 Å². The number of thiazole rings is 1. The number of aryl methyl sites for hydroxylation is 1. The summed E-state index contributed by atoms with van der Waals surface area (Å²) in [4.78, 5) is 52.8. The van der Waals surface area contributed by atoms with Gasteiger partial charge in [-0.3, -0.25) is 14.4 Å². The Labute approximate surface area is 164 Å². The Hall–Kier alpha value is -3.27. The Morgan fingerprint density at radius 1 is 1.29 bits per heavy atom. The average Bonchev–Trinajstić information content (AvgIpc) is 2.98. The van der Waals surface area contributed by atoms with Crippen molar-refractivity contribution in [3.63, 3.8) is 0 Å². The number of anilines is 2. The fraction of sp³-hybridized carbons (Fsp3) is 0.278. The number of fused-ring (bicyclic) bond motifs is 1.